The van der Waals surface area contributed by atoms with E-state index in [0.717, 1.165) is 11.4 Å². The number of aryl methyl sites for hydroxylation is 1. The van der Waals surface area contributed by atoms with E-state index in [1.165, 1.54) is 18.2 Å². The van der Waals surface area contributed by atoms with Crippen LogP contribution in [0.2, 0.25) is 0 Å². The molecule has 1 heterocycles. The lowest BCUT2D eigenvalue weighted by molar-refractivity contribution is 0.618. The van der Waals surface area contributed by atoms with Crippen molar-refractivity contribution < 1.29 is 4.39 Å². The summed E-state index contributed by atoms with van der Waals surface area (Å²) in [6.07, 6.45) is 3.39. The number of aromatic nitrogens is 2. The topological polar surface area (TPSA) is 61.6 Å². The number of halogens is 1. The molecule has 0 fully saturated rings. The lowest BCUT2D eigenvalue weighted by Gasteiger charge is -2.06. The fourth-order valence-corrected chi connectivity index (χ4v) is 1.65. The Hall–Kier alpha value is -2.32. The standard InChI is InChI=1S/C14H13FN4/c1-10-6-19-14(9-18-10)8-17-7-12-4-13(15)3-2-11(12)5-16/h2-4,6,9,17H,7-8H2,1H3. The Balaban J connectivity index is 1.98. The van der Waals surface area contributed by atoms with Crippen molar-refractivity contribution in [2.24, 2.45) is 0 Å². The normalized spacial score (nSPS) is 10.2. The van der Waals surface area contributed by atoms with Crippen molar-refractivity contribution in [3.05, 3.63) is 58.9 Å². The molecular formula is C14H13FN4. The van der Waals surface area contributed by atoms with Gasteiger partial charge in [-0.25, -0.2) is 4.39 Å². The largest absolute Gasteiger partial charge is 0.307 e. The van der Waals surface area contributed by atoms with Crippen molar-refractivity contribution in [2.45, 2.75) is 20.0 Å². The van der Waals surface area contributed by atoms with E-state index in [1.807, 2.05) is 13.0 Å². The second kappa shape index (κ2) is 6.03. The van der Waals surface area contributed by atoms with Gasteiger partial charge in [-0.1, -0.05) is 0 Å². The summed E-state index contributed by atoms with van der Waals surface area (Å²) in [6, 6.07) is 6.18. The van der Waals surface area contributed by atoms with Crippen LogP contribution >= 0.6 is 0 Å². The molecule has 2 aromatic rings. The zero-order valence-electron chi connectivity index (χ0n) is 10.5. The van der Waals surface area contributed by atoms with Gasteiger partial charge < -0.3 is 5.32 Å². The molecule has 96 valence electrons. The Morgan fingerprint density at radius 3 is 2.79 bits per heavy atom. The van der Waals surface area contributed by atoms with Crippen LogP contribution in [0, 0.1) is 24.1 Å². The van der Waals surface area contributed by atoms with Gasteiger partial charge in [0.15, 0.2) is 0 Å². The van der Waals surface area contributed by atoms with Crippen LogP contribution in [-0.2, 0) is 13.1 Å². The molecule has 0 aliphatic heterocycles. The van der Waals surface area contributed by atoms with Gasteiger partial charge >= 0.3 is 0 Å². The number of nitriles is 1. The smallest absolute Gasteiger partial charge is 0.123 e. The minimum Gasteiger partial charge on any atom is -0.307 e. The van der Waals surface area contributed by atoms with Gasteiger partial charge in [0, 0.05) is 25.5 Å². The van der Waals surface area contributed by atoms with Crippen LogP contribution in [-0.4, -0.2) is 9.97 Å². The Labute approximate surface area is 110 Å². The number of nitrogens with zero attached hydrogens (tertiary/aromatic N) is 3. The Morgan fingerprint density at radius 1 is 1.26 bits per heavy atom. The number of hydrogen-bond donors (Lipinski definition) is 1. The average Bonchev–Trinajstić information content (AvgIpc) is 2.41. The van der Waals surface area contributed by atoms with Crippen molar-refractivity contribution in [1.29, 1.82) is 5.26 Å². The lowest BCUT2D eigenvalue weighted by atomic mass is 10.1. The first-order valence-electron chi connectivity index (χ1n) is 5.86. The molecule has 0 amide bonds. The van der Waals surface area contributed by atoms with Crippen LogP contribution in [0.3, 0.4) is 0 Å². The first-order chi connectivity index (χ1) is 9.19. The number of hydrogen-bond acceptors (Lipinski definition) is 4. The van der Waals surface area contributed by atoms with E-state index in [2.05, 4.69) is 15.3 Å². The van der Waals surface area contributed by atoms with Gasteiger partial charge in [-0.05, 0) is 30.7 Å². The fraction of sp³-hybridized carbons (Fsp3) is 0.214. The van der Waals surface area contributed by atoms with Gasteiger partial charge in [-0.2, -0.15) is 5.26 Å². The molecule has 4 nitrogen and oxygen atoms in total. The van der Waals surface area contributed by atoms with Gasteiger partial charge in [0.2, 0.25) is 0 Å². The molecule has 5 heteroatoms. The van der Waals surface area contributed by atoms with Crippen LogP contribution in [0.1, 0.15) is 22.5 Å². The summed E-state index contributed by atoms with van der Waals surface area (Å²) in [4.78, 5) is 8.34. The summed E-state index contributed by atoms with van der Waals surface area (Å²) in [5.74, 6) is -0.342. The van der Waals surface area contributed by atoms with Crippen LogP contribution < -0.4 is 5.32 Å². The molecule has 0 radical (unpaired) electrons. The Kier molecular flexibility index (Phi) is 4.16. The first-order valence-corrected chi connectivity index (χ1v) is 5.86. The summed E-state index contributed by atoms with van der Waals surface area (Å²) in [6.45, 7) is 2.81. The van der Waals surface area contributed by atoms with Gasteiger partial charge in [0.05, 0.1) is 23.0 Å². The van der Waals surface area contributed by atoms with Crippen LogP contribution in [0.15, 0.2) is 30.6 Å². The van der Waals surface area contributed by atoms with Crippen molar-refractivity contribution >= 4 is 0 Å². The molecule has 0 saturated carbocycles. The maximum atomic E-state index is 13.1. The van der Waals surface area contributed by atoms with E-state index in [-0.39, 0.29) is 5.82 Å². The van der Waals surface area contributed by atoms with Crippen LogP contribution in [0.25, 0.3) is 0 Å². The molecule has 1 aromatic carbocycles. The highest BCUT2D eigenvalue weighted by Gasteiger charge is 2.03. The molecule has 0 unspecified atom stereocenters. The quantitative estimate of drug-likeness (QED) is 0.909. The molecule has 1 aromatic heterocycles. The molecule has 1 N–H and O–H groups in total. The highest BCUT2D eigenvalue weighted by Crippen LogP contribution is 2.10. The average molecular weight is 256 g/mol. The third-order valence-electron chi connectivity index (χ3n) is 2.64. The molecular weight excluding hydrogens is 243 g/mol. The maximum Gasteiger partial charge on any atom is 0.123 e. The first kappa shape index (κ1) is 13.1. The third kappa shape index (κ3) is 3.57. The van der Waals surface area contributed by atoms with Gasteiger partial charge in [0.1, 0.15) is 5.82 Å². The summed E-state index contributed by atoms with van der Waals surface area (Å²) >= 11 is 0. The predicted octanol–water partition coefficient (Wildman–Crippen LogP) is 2.09. The molecule has 19 heavy (non-hydrogen) atoms. The minimum atomic E-state index is -0.342. The lowest BCUT2D eigenvalue weighted by Crippen LogP contribution is -2.15. The van der Waals surface area contributed by atoms with E-state index in [4.69, 9.17) is 5.26 Å². The Morgan fingerprint density at radius 2 is 2.11 bits per heavy atom. The molecule has 0 saturated heterocycles. The van der Waals surface area contributed by atoms with Crippen molar-refractivity contribution in [1.82, 2.24) is 15.3 Å². The zero-order valence-corrected chi connectivity index (χ0v) is 10.5. The second-order valence-corrected chi connectivity index (χ2v) is 4.17. The third-order valence-corrected chi connectivity index (χ3v) is 2.64. The number of rotatable bonds is 4. The minimum absolute atomic E-state index is 0.342. The van der Waals surface area contributed by atoms with E-state index in [0.29, 0.717) is 24.2 Å². The fourth-order valence-electron chi connectivity index (χ4n) is 1.65. The maximum absolute atomic E-state index is 13.1. The van der Waals surface area contributed by atoms with E-state index >= 15 is 0 Å². The number of nitrogens with one attached hydrogen (secondary N) is 1. The van der Waals surface area contributed by atoms with Crippen LogP contribution in [0.4, 0.5) is 4.39 Å². The summed E-state index contributed by atoms with van der Waals surface area (Å²) in [5.41, 5.74) is 2.78. The molecule has 0 atom stereocenters. The molecule has 0 aliphatic carbocycles. The monoisotopic (exact) mass is 256 g/mol. The van der Waals surface area contributed by atoms with Gasteiger partial charge in [0.25, 0.3) is 0 Å². The SMILES string of the molecule is Cc1cnc(CNCc2cc(F)ccc2C#N)cn1. The Bertz CT molecular complexity index is 602. The summed E-state index contributed by atoms with van der Waals surface area (Å²) in [7, 11) is 0. The highest BCUT2D eigenvalue weighted by molar-refractivity contribution is 5.37. The second-order valence-electron chi connectivity index (χ2n) is 4.17. The molecule has 2 rings (SSSR count). The van der Waals surface area contributed by atoms with Crippen molar-refractivity contribution in [3.8, 4) is 6.07 Å². The van der Waals surface area contributed by atoms with Crippen molar-refractivity contribution in [3.63, 3.8) is 0 Å². The predicted molar refractivity (Wildman–Crippen MR) is 68.4 cm³/mol. The zero-order chi connectivity index (χ0) is 13.7. The molecule has 0 spiro atoms. The molecule has 0 aliphatic rings. The van der Waals surface area contributed by atoms with Crippen LogP contribution in [0.5, 0.6) is 0 Å². The van der Waals surface area contributed by atoms with E-state index in [9.17, 15) is 4.39 Å². The van der Waals surface area contributed by atoms with E-state index in [1.54, 1.807) is 12.4 Å². The van der Waals surface area contributed by atoms with Gasteiger partial charge in [-0.3, -0.25) is 9.97 Å². The summed E-state index contributed by atoms with van der Waals surface area (Å²) in [5, 5.41) is 12.1. The highest BCUT2D eigenvalue weighted by atomic mass is 19.1. The molecule has 0 bridgehead atoms. The number of benzene rings is 1. The van der Waals surface area contributed by atoms with E-state index < -0.39 is 0 Å². The summed E-state index contributed by atoms with van der Waals surface area (Å²) < 4.78 is 13.1. The van der Waals surface area contributed by atoms with Crippen molar-refractivity contribution in [2.75, 3.05) is 0 Å². The van der Waals surface area contributed by atoms with Gasteiger partial charge in [-0.15, -0.1) is 0 Å².